The van der Waals surface area contributed by atoms with Crippen molar-refractivity contribution in [3.8, 4) is 0 Å². The Balaban J connectivity index is 2.12. The van der Waals surface area contributed by atoms with Gasteiger partial charge in [0, 0.05) is 11.3 Å². The van der Waals surface area contributed by atoms with Gasteiger partial charge in [0.1, 0.15) is 0 Å². The third-order valence-electron chi connectivity index (χ3n) is 3.44. The first-order chi connectivity index (χ1) is 8.92. The highest BCUT2D eigenvalue weighted by Crippen LogP contribution is 2.47. The normalized spacial score (nSPS) is 17.2. The van der Waals surface area contributed by atoms with E-state index >= 15 is 0 Å². The molecule has 1 aromatic carbocycles. The largest absolute Gasteiger partial charge is 0.397 e. The summed E-state index contributed by atoms with van der Waals surface area (Å²) in [6.45, 7) is 0.858. The molecule has 0 bridgehead atoms. The number of nitrogen functional groups attached to an aromatic ring is 1. The fourth-order valence-corrected chi connectivity index (χ4v) is 3.33. The third kappa shape index (κ3) is 3.16. The van der Waals surface area contributed by atoms with Gasteiger partial charge >= 0.3 is 0 Å². The van der Waals surface area contributed by atoms with Crippen LogP contribution in [0.1, 0.15) is 12.8 Å². The van der Waals surface area contributed by atoms with Crippen LogP contribution < -0.4 is 15.8 Å². The molecule has 1 saturated carbocycles. The molecule has 0 radical (unpaired) electrons. The molecule has 0 saturated heterocycles. The van der Waals surface area contributed by atoms with E-state index in [2.05, 4.69) is 16.3 Å². The lowest BCUT2D eigenvalue weighted by molar-refractivity contribution is 0.588. The van der Waals surface area contributed by atoms with Crippen LogP contribution in [-0.2, 0) is 10.0 Å². The number of nitrogens with one attached hydrogen (secondary N) is 2. The van der Waals surface area contributed by atoms with Crippen LogP contribution in [0.15, 0.2) is 23.1 Å². The predicted octanol–water partition coefficient (Wildman–Crippen LogP) is 1.48. The molecule has 7 heteroatoms. The summed E-state index contributed by atoms with van der Waals surface area (Å²) in [7, 11) is -2.05. The Morgan fingerprint density at radius 3 is 2.58 bits per heavy atom. The van der Waals surface area contributed by atoms with Crippen molar-refractivity contribution >= 4 is 33.2 Å². The van der Waals surface area contributed by atoms with Crippen LogP contribution in [0.25, 0.3) is 0 Å². The molecule has 0 amide bonds. The Kier molecular flexibility index (Phi) is 3.98. The summed E-state index contributed by atoms with van der Waals surface area (Å²) >= 11 is 1.87. The Morgan fingerprint density at radius 2 is 2.11 bits per heavy atom. The molecular weight excluding hydrogens is 282 g/mol. The van der Waals surface area contributed by atoms with Gasteiger partial charge in [-0.05, 0) is 44.3 Å². The van der Waals surface area contributed by atoms with E-state index < -0.39 is 10.0 Å². The van der Waals surface area contributed by atoms with Crippen molar-refractivity contribution in [2.45, 2.75) is 22.5 Å². The van der Waals surface area contributed by atoms with Gasteiger partial charge in [0.2, 0.25) is 10.0 Å². The monoisotopic (exact) mass is 301 g/mol. The van der Waals surface area contributed by atoms with Crippen molar-refractivity contribution in [3.05, 3.63) is 18.2 Å². The maximum absolute atomic E-state index is 11.6. The van der Waals surface area contributed by atoms with Gasteiger partial charge in [-0.25, -0.2) is 13.1 Å². The lowest BCUT2D eigenvalue weighted by Crippen LogP contribution is -2.20. The number of anilines is 2. The van der Waals surface area contributed by atoms with Crippen LogP contribution in [0.2, 0.25) is 0 Å². The van der Waals surface area contributed by atoms with Crippen LogP contribution in [0.4, 0.5) is 11.4 Å². The SMILES string of the molecule is CNS(=O)(=O)c1ccc(NCC2(SC)CC2)c(N)c1. The van der Waals surface area contributed by atoms with Gasteiger partial charge in [-0.1, -0.05) is 0 Å². The summed E-state index contributed by atoms with van der Waals surface area (Å²) in [6, 6.07) is 4.76. The highest BCUT2D eigenvalue weighted by atomic mass is 32.2. The summed E-state index contributed by atoms with van der Waals surface area (Å²) < 4.78 is 25.9. The molecule has 0 atom stereocenters. The van der Waals surface area contributed by atoms with Crippen LogP contribution in [0.5, 0.6) is 0 Å². The fraction of sp³-hybridized carbons (Fsp3) is 0.500. The van der Waals surface area contributed by atoms with Gasteiger partial charge in [0.05, 0.1) is 16.3 Å². The molecule has 4 N–H and O–H groups in total. The topological polar surface area (TPSA) is 84.2 Å². The van der Waals surface area contributed by atoms with Gasteiger partial charge in [0.25, 0.3) is 0 Å². The maximum atomic E-state index is 11.6. The Labute approximate surface area is 118 Å². The summed E-state index contributed by atoms with van der Waals surface area (Å²) in [4.78, 5) is 0.184. The zero-order chi connectivity index (χ0) is 14.1. The lowest BCUT2D eigenvalue weighted by Gasteiger charge is -2.16. The molecule has 5 nitrogen and oxygen atoms in total. The predicted molar refractivity (Wildman–Crippen MR) is 81.1 cm³/mol. The van der Waals surface area contributed by atoms with E-state index in [4.69, 9.17) is 5.73 Å². The smallest absolute Gasteiger partial charge is 0.240 e. The summed E-state index contributed by atoms with van der Waals surface area (Å²) in [5.41, 5.74) is 7.14. The number of hydrogen-bond donors (Lipinski definition) is 3. The van der Waals surface area contributed by atoms with Gasteiger partial charge in [-0.2, -0.15) is 11.8 Å². The molecular formula is C12H19N3O2S2. The molecule has 0 aromatic heterocycles. The number of benzene rings is 1. The molecule has 0 aliphatic heterocycles. The minimum absolute atomic E-state index is 0.184. The fourth-order valence-electron chi connectivity index (χ4n) is 1.84. The standard InChI is InChI=1S/C12H19N3O2S2/c1-14-19(16,17)9-3-4-11(10(13)7-9)15-8-12(18-2)5-6-12/h3-4,7,14-15H,5-6,8,13H2,1-2H3. The first-order valence-corrected chi connectivity index (χ1v) is 8.75. The summed E-state index contributed by atoms with van der Waals surface area (Å²) in [6.07, 6.45) is 4.54. The number of sulfonamides is 1. The van der Waals surface area contributed by atoms with Crippen molar-refractivity contribution in [2.75, 3.05) is 30.9 Å². The van der Waals surface area contributed by atoms with Crippen molar-refractivity contribution < 1.29 is 8.42 Å². The van der Waals surface area contributed by atoms with Crippen LogP contribution in [0, 0.1) is 0 Å². The second-order valence-corrected chi connectivity index (χ2v) is 7.86. The van der Waals surface area contributed by atoms with Gasteiger partial charge in [-0.3, -0.25) is 0 Å². The molecule has 19 heavy (non-hydrogen) atoms. The first kappa shape index (κ1) is 14.5. The van der Waals surface area contributed by atoms with E-state index in [0.29, 0.717) is 10.4 Å². The number of hydrogen-bond acceptors (Lipinski definition) is 5. The molecule has 0 heterocycles. The molecule has 106 valence electrons. The number of rotatable bonds is 6. The van der Waals surface area contributed by atoms with Crippen molar-refractivity contribution in [1.82, 2.24) is 4.72 Å². The first-order valence-electron chi connectivity index (χ1n) is 6.04. The Morgan fingerprint density at radius 1 is 1.42 bits per heavy atom. The minimum atomic E-state index is -3.44. The second-order valence-electron chi connectivity index (χ2n) is 4.70. The van der Waals surface area contributed by atoms with E-state index in [-0.39, 0.29) is 4.90 Å². The molecule has 0 unspecified atom stereocenters. The van der Waals surface area contributed by atoms with E-state index in [9.17, 15) is 8.42 Å². The average Bonchev–Trinajstić information content (AvgIpc) is 3.18. The van der Waals surface area contributed by atoms with Crippen LogP contribution in [0.3, 0.4) is 0 Å². The second kappa shape index (κ2) is 5.22. The van der Waals surface area contributed by atoms with Crippen molar-refractivity contribution in [2.24, 2.45) is 0 Å². The van der Waals surface area contributed by atoms with Crippen LogP contribution in [-0.4, -0.2) is 33.0 Å². The van der Waals surface area contributed by atoms with Gasteiger partial charge in [0.15, 0.2) is 0 Å². The molecule has 1 fully saturated rings. The zero-order valence-electron chi connectivity index (χ0n) is 11.1. The highest BCUT2D eigenvalue weighted by Gasteiger charge is 2.41. The Hall–Kier alpha value is -0.920. The third-order valence-corrected chi connectivity index (χ3v) is 6.27. The van der Waals surface area contributed by atoms with Gasteiger partial charge < -0.3 is 11.1 Å². The van der Waals surface area contributed by atoms with E-state index in [0.717, 1.165) is 12.2 Å². The Bertz CT molecular complexity index is 568. The van der Waals surface area contributed by atoms with Crippen molar-refractivity contribution in [1.29, 1.82) is 0 Å². The molecule has 2 rings (SSSR count). The summed E-state index contributed by atoms with van der Waals surface area (Å²) in [5.74, 6) is 0. The van der Waals surface area contributed by atoms with Gasteiger partial charge in [-0.15, -0.1) is 0 Å². The molecule has 1 aromatic rings. The zero-order valence-corrected chi connectivity index (χ0v) is 12.7. The average molecular weight is 301 g/mol. The van der Waals surface area contributed by atoms with E-state index in [1.165, 1.54) is 26.0 Å². The lowest BCUT2D eigenvalue weighted by atomic mass is 10.2. The van der Waals surface area contributed by atoms with E-state index in [1.807, 2.05) is 11.8 Å². The van der Waals surface area contributed by atoms with Crippen LogP contribution >= 0.6 is 11.8 Å². The van der Waals surface area contributed by atoms with E-state index in [1.54, 1.807) is 12.1 Å². The minimum Gasteiger partial charge on any atom is -0.397 e. The maximum Gasteiger partial charge on any atom is 0.240 e. The molecule has 0 spiro atoms. The number of nitrogens with two attached hydrogens (primary N) is 1. The number of thioether (sulfide) groups is 1. The molecule has 1 aliphatic carbocycles. The summed E-state index contributed by atoms with van der Waals surface area (Å²) in [5, 5.41) is 3.30. The highest BCUT2D eigenvalue weighted by molar-refractivity contribution is 8.00. The van der Waals surface area contributed by atoms with Crippen molar-refractivity contribution in [3.63, 3.8) is 0 Å². The molecule has 1 aliphatic rings. The quantitative estimate of drug-likeness (QED) is 0.693.